The van der Waals surface area contributed by atoms with E-state index < -0.39 is 5.54 Å². The molecule has 0 aromatic rings. The molecule has 0 unspecified atom stereocenters. The van der Waals surface area contributed by atoms with Crippen LogP contribution >= 0.6 is 0 Å². The molecule has 1 aliphatic heterocycles. The molecule has 1 aliphatic carbocycles. The fraction of sp³-hybridized carbons (Fsp3) is 0.833. The minimum Gasteiger partial charge on any atom is -0.378 e. The monoisotopic (exact) mass is 237 g/mol. The molecule has 0 spiro atoms. The maximum atomic E-state index is 12.0. The third kappa shape index (κ3) is 2.89. The molecule has 94 valence electrons. The molecular formula is C12H19N3O2. The largest absolute Gasteiger partial charge is 0.378 e. The molecule has 5 nitrogen and oxygen atoms in total. The van der Waals surface area contributed by atoms with Crippen LogP contribution in [0.4, 0.5) is 4.79 Å². The van der Waals surface area contributed by atoms with Gasteiger partial charge < -0.3 is 15.0 Å². The number of nitriles is 1. The van der Waals surface area contributed by atoms with Gasteiger partial charge in [-0.05, 0) is 12.8 Å². The van der Waals surface area contributed by atoms with Crippen LogP contribution in [-0.2, 0) is 4.74 Å². The van der Waals surface area contributed by atoms with Gasteiger partial charge >= 0.3 is 6.03 Å². The average Bonchev–Trinajstić information content (AvgIpc) is 2.41. The quantitative estimate of drug-likeness (QED) is 0.746. The van der Waals surface area contributed by atoms with Gasteiger partial charge in [0.1, 0.15) is 5.54 Å². The molecule has 1 N–H and O–H groups in total. The van der Waals surface area contributed by atoms with Gasteiger partial charge in [-0.3, -0.25) is 0 Å². The van der Waals surface area contributed by atoms with Crippen molar-refractivity contribution in [1.82, 2.24) is 10.2 Å². The van der Waals surface area contributed by atoms with Gasteiger partial charge in [-0.1, -0.05) is 19.3 Å². The predicted molar refractivity (Wildman–Crippen MR) is 62.4 cm³/mol. The summed E-state index contributed by atoms with van der Waals surface area (Å²) in [5.41, 5.74) is -0.631. The molecule has 2 rings (SSSR count). The fourth-order valence-corrected chi connectivity index (χ4v) is 2.47. The van der Waals surface area contributed by atoms with E-state index in [0.717, 1.165) is 32.1 Å². The molecule has 1 saturated carbocycles. The third-order valence-corrected chi connectivity index (χ3v) is 3.57. The minimum absolute atomic E-state index is 0.114. The van der Waals surface area contributed by atoms with Gasteiger partial charge in [0, 0.05) is 13.1 Å². The smallest absolute Gasteiger partial charge is 0.318 e. The number of hydrogen-bond donors (Lipinski definition) is 1. The van der Waals surface area contributed by atoms with Gasteiger partial charge in [0.2, 0.25) is 0 Å². The Morgan fingerprint density at radius 2 is 1.88 bits per heavy atom. The van der Waals surface area contributed by atoms with Gasteiger partial charge in [-0.25, -0.2) is 4.79 Å². The average molecular weight is 237 g/mol. The maximum absolute atomic E-state index is 12.0. The van der Waals surface area contributed by atoms with Crippen molar-refractivity contribution < 1.29 is 9.53 Å². The normalized spacial score (nSPS) is 23.8. The third-order valence-electron chi connectivity index (χ3n) is 3.57. The zero-order valence-corrected chi connectivity index (χ0v) is 10.1. The fourth-order valence-electron chi connectivity index (χ4n) is 2.47. The van der Waals surface area contributed by atoms with Crippen LogP contribution in [0.25, 0.3) is 0 Å². The lowest BCUT2D eigenvalue weighted by Crippen LogP contribution is -2.55. The van der Waals surface area contributed by atoms with Gasteiger partial charge in [-0.15, -0.1) is 0 Å². The molecule has 5 heteroatoms. The summed E-state index contributed by atoms with van der Waals surface area (Å²) in [5.74, 6) is 0. The molecular weight excluding hydrogens is 218 g/mol. The highest BCUT2D eigenvalue weighted by Crippen LogP contribution is 2.27. The van der Waals surface area contributed by atoms with Crippen LogP contribution in [0.5, 0.6) is 0 Å². The number of carbonyl (C=O) groups is 1. The standard InChI is InChI=1S/C12H19N3O2/c13-10-12(4-2-1-3-5-12)14-11(16)15-6-8-17-9-7-15/h1-9H2,(H,14,16). The van der Waals surface area contributed by atoms with Gasteiger partial charge in [0.25, 0.3) is 0 Å². The highest BCUT2D eigenvalue weighted by atomic mass is 16.5. The number of morpholine rings is 1. The molecule has 2 amide bonds. The molecule has 0 bridgehead atoms. The van der Waals surface area contributed by atoms with Crippen molar-refractivity contribution in [2.24, 2.45) is 0 Å². The number of ether oxygens (including phenoxy) is 1. The Labute approximate surface area is 102 Å². The second kappa shape index (κ2) is 5.37. The first-order chi connectivity index (χ1) is 8.26. The molecule has 2 aliphatic rings. The summed E-state index contributed by atoms with van der Waals surface area (Å²) < 4.78 is 5.20. The van der Waals surface area contributed by atoms with Crippen LogP contribution < -0.4 is 5.32 Å². The lowest BCUT2D eigenvalue weighted by molar-refractivity contribution is 0.0511. The lowest BCUT2D eigenvalue weighted by atomic mass is 9.83. The van der Waals surface area contributed by atoms with Crippen LogP contribution in [-0.4, -0.2) is 42.8 Å². The molecule has 0 radical (unpaired) electrons. The minimum atomic E-state index is -0.631. The number of rotatable bonds is 1. The first-order valence-corrected chi connectivity index (χ1v) is 6.32. The number of nitrogens with zero attached hydrogens (tertiary/aromatic N) is 2. The van der Waals surface area contributed by atoms with E-state index in [4.69, 9.17) is 4.74 Å². The number of hydrogen-bond acceptors (Lipinski definition) is 3. The van der Waals surface area contributed by atoms with Crippen molar-refractivity contribution in [1.29, 1.82) is 5.26 Å². The summed E-state index contributed by atoms with van der Waals surface area (Å²) >= 11 is 0. The summed E-state index contributed by atoms with van der Waals surface area (Å²) in [7, 11) is 0. The van der Waals surface area contributed by atoms with Gasteiger partial charge in [0.15, 0.2) is 0 Å². The van der Waals surface area contributed by atoms with E-state index >= 15 is 0 Å². The number of nitrogens with one attached hydrogen (secondary N) is 1. The number of carbonyl (C=O) groups excluding carboxylic acids is 1. The Kier molecular flexibility index (Phi) is 3.85. The van der Waals surface area contributed by atoms with E-state index in [-0.39, 0.29) is 6.03 Å². The summed E-state index contributed by atoms with van der Waals surface area (Å²) in [5, 5.41) is 12.2. The van der Waals surface area contributed by atoms with E-state index in [9.17, 15) is 10.1 Å². The van der Waals surface area contributed by atoms with Crippen LogP contribution in [0.1, 0.15) is 32.1 Å². The second-order valence-corrected chi connectivity index (χ2v) is 4.78. The summed E-state index contributed by atoms with van der Waals surface area (Å²) in [6.45, 7) is 2.42. The van der Waals surface area contributed by atoms with Crippen molar-refractivity contribution in [3.8, 4) is 6.07 Å². The maximum Gasteiger partial charge on any atom is 0.318 e. The molecule has 1 heterocycles. The second-order valence-electron chi connectivity index (χ2n) is 4.78. The molecule has 17 heavy (non-hydrogen) atoms. The number of amides is 2. The first-order valence-electron chi connectivity index (χ1n) is 6.32. The van der Waals surface area contributed by atoms with Crippen LogP contribution in [0, 0.1) is 11.3 Å². The van der Waals surface area contributed by atoms with E-state index in [1.54, 1.807) is 4.90 Å². The Bertz CT molecular complexity index is 312. The van der Waals surface area contributed by atoms with Crippen molar-refractivity contribution >= 4 is 6.03 Å². The van der Waals surface area contributed by atoms with Crippen molar-refractivity contribution in [2.45, 2.75) is 37.6 Å². The van der Waals surface area contributed by atoms with E-state index in [1.165, 1.54) is 0 Å². The van der Waals surface area contributed by atoms with Gasteiger partial charge in [0.05, 0.1) is 19.3 Å². The summed E-state index contributed by atoms with van der Waals surface area (Å²) in [6.07, 6.45) is 4.77. The van der Waals surface area contributed by atoms with E-state index in [2.05, 4.69) is 11.4 Å². The molecule has 0 aromatic carbocycles. The Morgan fingerprint density at radius 3 is 2.47 bits per heavy atom. The molecule has 0 atom stereocenters. The topological polar surface area (TPSA) is 65.4 Å². The SMILES string of the molecule is N#CC1(NC(=O)N2CCOCC2)CCCCC1. The molecule has 1 saturated heterocycles. The summed E-state index contributed by atoms with van der Waals surface area (Å²) in [6, 6.07) is 2.18. The highest BCUT2D eigenvalue weighted by molar-refractivity contribution is 5.75. The van der Waals surface area contributed by atoms with Crippen LogP contribution in [0.3, 0.4) is 0 Å². The van der Waals surface area contributed by atoms with Crippen molar-refractivity contribution in [2.75, 3.05) is 26.3 Å². The lowest BCUT2D eigenvalue weighted by Gasteiger charge is -2.35. The number of urea groups is 1. The zero-order valence-electron chi connectivity index (χ0n) is 10.1. The first kappa shape index (κ1) is 12.2. The highest BCUT2D eigenvalue weighted by Gasteiger charge is 2.35. The zero-order chi connectivity index (χ0) is 12.1. The Morgan fingerprint density at radius 1 is 1.24 bits per heavy atom. The van der Waals surface area contributed by atoms with E-state index in [0.29, 0.717) is 26.3 Å². The van der Waals surface area contributed by atoms with E-state index in [1.807, 2.05) is 0 Å². The van der Waals surface area contributed by atoms with Crippen LogP contribution in [0.15, 0.2) is 0 Å². The predicted octanol–water partition coefficient (Wildman–Crippen LogP) is 1.25. The van der Waals surface area contributed by atoms with Crippen molar-refractivity contribution in [3.05, 3.63) is 0 Å². The van der Waals surface area contributed by atoms with Crippen molar-refractivity contribution in [3.63, 3.8) is 0 Å². The molecule has 0 aromatic heterocycles. The van der Waals surface area contributed by atoms with Gasteiger partial charge in [-0.2, -0.15) is 5.26 Å². The summed E-state index contributed by atoms with van der Waals surface area (Å²) in [4.78, 5) is 13.8. The van der Waals surface area contributed by atoms with Crippen LogP contribution in [0.2, 0.25) is 0 Å². The Balaban J connectivity index is 1.93. The molecule has 2 fully saturated rings. The Hall–Kier alpha value is -1.28.